The lowest BCUT2D eigenvalue weighted by molar-refractivity contribution is -0.0379. The molecule has 3 heterocycles. The van der Waals surface area contributed by atoms with Gasteiger partial charge >= 0.3 is 0 Å². The lowest BCUT2D eigenvalue weighted by Crippen LogP contribution is -2.31. The maximum absolute atomic E-state index is 5.91. The van der Waals surface area contributed by atoms with Crippen LogP contribution in [0.1, 0.15) is 24.3 Å². The van der Waals surface area contributed by atoms with E-state index in [2.05, 4.69) is 48.1 Å². The summed E-state index contributed by atoms with van der Waals surface area (Å²) in [7, 11) is 4.15. The highest BCUT2D eigenvalue weighted by atomic mass is 32.1. The van der Waals surface area contributed by atoms with E-state index in [9.17, 15) is 0 Å². The van der Waals surface area contributed by atoms with Crippen LogP contribution >= 0.6 is 11.3 Å². The van der Waals surface area contributed by atoms with E-state index in [-0.39, 0.29) is 5.60 Å². The number of nitrogens with one attached hydrogen (secondary N) is 1. The number of ether oxygens (including phenoxy) is 1. The highest BCUT2D eigenvalue weighted by Crippen LogP contribution is 2.40. The molecule has 0 fully saturated rings. The number of rotatable bonds is 4. The fourth-order valence-electron chi connectivity index (χ4n) is 2.61. The molecule has 114 valence electrons. The van der Waals surface area contributed by atoms with E-state index in [1.807, 2.05) is 0 Å². The number of fused-ring (bicyclic) bond motifs is 3. The zero-order valence-electron chi connectivity index (χ0n) is 13.1. The normalized spacial score (nSPS) is 17.2. The fourth-order valence-corrected chi connectivity index (χ4v) is 3.68. The van der Waals surface area contributed by atoms with Gasteiger partial charge in [0.2, 0.25) is 0 Å². The molecule has 6 heteroatoms. The maximum Gasteiger partial charge on any atom is 0.138 e. The smallest absolute Gasteiger partial charge is 0.138 e. The average molecular weight is 306 g/mol. The molecule has 0 bridgehead atoms. The van der Waals surface area contributed by atoms with Crippen molar-refractivity contribution in [2.75, 3.05) is 32.5 Å². The third kappa shape index (κ3) is 3.02. The van der Waals surface area contributed by atoms with Crippen molar-refractivity contribution in [2.45, 2.75) is 32.5 Å². The SMILES string of the molecule is CN(C)CCNc1ncnc2sc3c(c12)CC(C)(C)OC3. The Hall–Kier alpha value is -1.24. The van der Waals surface area contributed by atoms with Crippen molar-refractivity contribution in [2.24, 2.45) is 0 Å². The second kappa shape index (κ2) is 5.51. The summed E-state index contributed by atoms with van der Waals surface area (Å²) in [5.74, 6) is 0.956. The van der Waals surface area contributed by atoms with Crippen LogP contribution in [0.3, 0.4) is 0 Å². The van der Waals surface area contributed by atoms with Gasteiger partial charge in [-0.2, -0.15) is 0 Å². The van der Waals surface area contributed by atoms with E-state index < -0.39 is 0 Å². The summed E-state index contributed by atoms with van der Waals surface area (Å²) < 4.78 is 5.91. The van der Waals surface area contributed by atoms with Crippen molar-refractivity contribution in [3.8, 4) is 0 Å². The molecule has 2 aromatic rings. The molecular weight excluding hydrogens is 284 g/mol. The molecule has 0 aromatic carbocycles. The molecule has 0 radical (unpaired) electrons. The topological polar surface area (TPSA) is 50.3 Å². The summed E-state index contributed by atoms with van der Waals surface area (Å²) in [6.07, 6.45) is 2.56. The van der Waals surface area contributed by atoms with Gasteiger partial charge in [-0.15, -0.1) is 11.3 Å². The van der Waals surface area contributed by atoms with Crippen molar-refractivity contribution in [3.05, 3.63) is 16.8 Å². The van der Waals surface area contributed by atoms with E-state index in [0.717, 1.165) is 30.2 Å². The van der Waals surface area contributed by atoms with Gasteiger partial charge in [0.05, 0.1) is 17.6 Å². The van der Waals surface area contributed by atoms with E-state index in [4.69, 9.17) is 4.74 Å². The van der Waals surface area contributed by atoms with Gasteiger partial charge in [0.15, 0.2) is 0 Å². The third-order valence-corrected chi connectivity index (χ3v) is 4.83. The second-order valence-electron chi connectivity index (χ2n) is 6.36. The predicted molar refractivity (Wildman–Crippen MR) is 87.0 cm³/mol. The Kier molecular flexibility index (Phi) is 3.86. The number of nitrogens with zero attached hydrogens (tertiary/aromatic N) is 3. The molecular formula is C15H22N4OS. The molecule has 21 heavy (non-hydrogen) atoms. The minimum Gasteiger partial charge on any atom is -0.370 e. The first-order valence-corrected chi connectivity index (χ1v) is 8.06. The largest absolute Gasteiger partial charge is 0.370 e. The van der Waals surface area contributed by atoms with Crippen LogP contribution in [0.15, 0.2) is 6.33 Å². The quantitative estimate of drug-likeness (QED) is 0.940. The summed E-state index contributed by atoms with van der Waals surface area (Å²) in [5, 5.41) is 4.64. The van der Waals surface area contributed by atoms with Crippen molar-refractivity contribution in [1.29, 1.82) is 0 Å². The van der Waals surface area contributed by atoms with Crippen LogP contribution in [0.2, 0.25) is 0 Å². The van der Waals surface area contributed by atoms with Crippen molar-refractivity contribution in [3.63, 3.8) is 0 Å². The molecule has 0 saturated heterocycles. The Balaban J connectivity index is 1.96. The Morgan fingerprint density at radius 2 is 2.19 bits per heavy atom. The van der Waals surface area contributed by atoms with Crippen LogP contribution in [0.25, 0.3) is 10.2 Å². The van der Waals surface area contributed by atoms with Crippen molar-refractivity contribution < 1.29 is 4.74 Å². The minimum absolute atomic E-state index is 0.113. The van der Waals surface area contributed by atoms with Crippen molar-refractivity contribution in [1.82, 2.24) is 14.9 Å². The van der Waals surface area contributed by atoms with Gasteiger partial charge in [-0.1, -0.05) is 0 Å². The molecule has 1 aliphatic rings. The minimum atomic E-state index is -0.113. The summed E-state index contributed by atoms with van der Waals surface area (Å²) in [6.45, 7) is 6.82. The molecule has 0 saturated carbocycles. The lowest BCUT2D eigenvalue weighted by Gasteiger charge is -2.30. The number of aromatic nitrogens is 2. The Labute approximate surface area is 129 Å². The van der Waals surface area contributed by atoms with Gasteiger partial charge in [0.1, 0.15) is 17.0 Å². The number of hydrogen-bond donors (Lipinski definition) is 1. The maximum atomic E-state index is 5.91. The summed E-state index contributed by atoms with van der Waals surface area (Å²) in [6, 6.07) is 0. The van der Waals surface area contributed by atoms with Gasteiger partial charge in [-0.25, -0.2) is 9.97 Å². The van der Waals surface area contributed by atoms with Gasteiger partial charge in [-0.3, -0.25) is 0 Å². The fraction of sp³-hybridized carbons (Fsp3) is 0.600. The molecule has 0 unspecified atom stereocenters. The second-order valence-corrected chi connectivity index (χ2v) is 7.45. The lowest BCUT2D eigenvalue weighted by atomic mass is 9.94. The van der Waals surface area contributed by atoms with Gasteiger partial charge in [0, 0.05) is 24.4 Å². The highest BCUT2D eigenvalue weighted by Gasteiger charge is 2.30. The Morgan fingerprint density at radius 3 is 2.95 bits per heavy atom. The molecule has 0 aliphatic carbocycles. The van der Waals surface area contributed by atoms with Gasteiger partial charge in [-0.05, 0) is 33.5 Å². The number of anilines is 1. The molecule has 1 aliphatic heterocycles. The van der Waals surface area contributed by atoms with Crippen LogP contribution in [-0.4, -0.2) is 47.7 Å². The van der Waals surface area contributed by atoms with Crippen molar-refractivity contribution >= 4 is 27.4 Å². The molecule has 2 aromatic heterocycles. The first kappa shape index (κ1) is 14.7. The van der Waals surface area contributed by atoms with Crippen LogP contribution in [0.5, 0.6) is 0 Å². The molecule has 0 spiro atoms. The Morgan fingerprint density at radius 1 is 1.38 bits per heavy atom. The molecule has 0 amide bonds. The van der Waals surface area contributed by atoms with Gasteiger partial charge < -0.3 is 15.0 Å². The zero-order chi connectivity index (χ0) is 15.0. The molecule has 5 nitrogen and oxygen atoms in total. The van der Waals surface area contributed by atoms with E-state index >= 15 is 0 Å². The number of likely N-dealkylation sites (N-methyl/N-ethyl adjacent to an activating group) is 1. The number of hydrogen-bond acceptors (Lipinski definition) is 6. The first-order valence-electron chi connectivity index (χ1n) is 7.24. The highest BCUT2D eigenvalue weighted by molar-refractivity contribution is 7.18. The standard InChI is InChI=1S/C15H22N4OS/c1-15(2)7-10-11(8-20-15)21-14-12(10)13(17-9-18-14)16-5-6-19(3)4/h9H,5-8H2,1-4H3,(H,16,17,18). The van der Waals surface area contributed by atoms with Crippen LogP contribution in [0.4, 0.5) is 5.82 Å². The van der Waals surface area contributed by atoms with E-state index in [1.54, 1.807) is 17.7 Å². The van der Waals surface area contributed by atoms with Crippen LogP contribution in [-0.2, 0) is 17.8 Å². The first-order chi connectivity index (χ1) is 9.96. The summed E-state index contributed by atoms with van der Waals surface area (Å²) >= 11 is 1.73. The van der Waals surface area contributed by atoms with E-state index in [0.29, 0.717) is 6.61 Å². The molecule has 0 atom stereocenters. The molecule has 1 N–H and O–H groups in total. The average Bonchev–Trinajstić information content (AvgIpc) is 2.76. The Bertz CT molecular complexity index is 650. The predicted octanol–water partition coefficient (Wildman–Crippen LogP) is 2.52. The summed E-state index contributed by atoms with van der Waals surface area (Å²) in [5.41, 5.74) is 1.25. The zero-order valence-corrected chi connectivity index (χ0v) is 13.9. The monoisotopic (exact) mass is 306 g/mol. The third-order valence-electron chi connectivity index (χ3n) is 3.72. The van der Waals surface area contributed by atoms with E-state index in [1.165, 1.54) is 15.8 Å². The summed E-state index contributed by atoms with van der Waals surface area (Å²) in [4.78, 5) is 13.4. The molecule has 3 rings (SSSR count). The van der Waals surface area contributed by atoms with Crippen LogP contribution in [0, 0.1) is 0 Å². The van der Waals surface area contributed by atoms with Crippen LogP contribution < -0.4 is 5.32 Å². The van der Waals surface area contributed by atoms with Gasteiger partial charge in [0.25, 0.3) is 0 Å². The number of thiophene rings is 1.